The first-order chi connectivity index (χ1) is 10.1. The van der Waals surface area contributed by atoms with Crippen LogP contribution in [0, 0.1) is 6.92 Å². The predicted octanol–water partition coefficient (Wildman–Crippen LogP) is 3.97. The summed E-state index contributed by atoms with van der Waals surface area (Å²) in [7, 11) is 5.23. The van der Waals surface area contributed by atoms with Gasteiger partial charge in [-0.1, -0.05) is 23.7 Å². The van der Waals surface area contributed by atoms with Crippen LogP contribution in [0.4, 0.5) is 0 Å². The molecule has 0 spiro atoms. The van der Waals surface area contributed by atoms with Gasteiger partial charge in [-0.05, 0) is 48.9 Å². The number of halogens is 1. The molecule has 0 fully saturated rings. The largest absolute Gasteiger partial charge is 0.497 e. The molecule has 3 nitrogen and oxygen atoms in total. The van der Waals surface area contributed by atoms with Crippen molar-refractivity contribution in [1.82, 2.24) is 5.32 Å². The summed E-state index contributed by atoms with van der Waals surface area (Å²) in [5.41, 5.74) is 3.28. The third kappa shape index (κ3) is 3.31. The molecule has 0 saturated heterocycles. The van der Waals surface area contributed by atoms with Crippen LogP contribution in [0.3, 0.4) is 0 Å². The van der Waals surface area contributed by atoms with E-state index in [0.717, 1.165) is 33.2 Å². The highest BCUT2D eigenvalue weighted by Crippen LogP contribution is 2.32. The molecule has 4 heteroatoms. The Balaban J connectivity index is 2.53. The van der Waals surface area contributed by atoms with Gasteiger partial charge in [-0.25, -0.2) is 0 Å². The molecule has 2 aromatic rings. The van der Waals surface area contributed by atoms with E-state index in [2.05, 4.69) is 11.4 Å². The van der Waals surface area contributed by atoms with Crippen LogP contribution in [0.25, 0.3) is 0 Å². The average molecular weight is 306 g/mol. The second-order valence-corrected chi connectivity index (χ2v) is 5.23. The SMILES string of the molecule is CNC(c1cc(OC)cc(OC)c1)c1cccc(Cl)c1C. The first kappa shape index (κ1) is 15.7. The number of hydrogen-bond donors (Lipinski definition) is 1. The molecule has 2 aromatic carbocycles. The minimum absolute atomic E-state index is 0.0210. The van der Waals surface area contributed by atoms with Crippen molar-refractivity contribution in [1.29, 1.82) is 0 Å². The summed E-state index contributed by atoms with van der Waals surface area (Å²) in [6, 6.07) is 11.8. The van der Waals surface area contributed by atoms with E-state index in [1.54, 1.807) is 14.2 Å². The van der Waals surface area contributed by atoms with Crippen molar-refractivity contribution in [3.8, 4) is 11.5 Å². The quantitative estimate of drug-likeness (QED) is 0.906. The van der Waals surface area contributed by atoms with Crippen LogP contribution in [0.2, 0.25) is 5.02 Å². The zero-order chi connectivity index (χ0) is 15.4. The highest BCUT2D eigenvalue weighted by molar-refractivity contribution is 6.31. The number of rotatable bonds is 5. The van der Waals surface area contributed by atoms with Gasteiger partial charge in [0.15, 0.2) is 0 Å². The summed E-state index contributed by atoms with van der Waals surface area (Å²) < 4.78 is 10.7. The predicted molar refractivity (Wildman–Crippen MR) is 86.6 cm³/mol. The highest BCUT2D eigenvalue weighted by atomic mass is 35.5. The first-order valence-corrected chi connectivity index (χ1v) is 7.13. The number of ether oxygens (including phenoxy) is 2. The van der Waals surface area contributed by atoms with E-state index < -0.39 is 0 Å². The number of methoxy groups -OCH3 is 2. The Morgan fingerprint density at radius 3 is 2.19 bits per heavy atom. The van der Waals surface area contributed by atoms with E-state index in [4.69, 9.17) is 21.1 Å². The molecule has 1 atom stereocenters. The van der Waals surface area contributed by atoms with Crippen LogP contribution in [0.1, 0.15) is 22.7 Å². The van der Waals surface area contributed by atoms with Crippen LogP contribution < -0.4 is 14.8 Å². The minimum Gasteiger partial charge on any atom is -0.497 e. The lowest BCUT2D eigenvalue weighted by atomic mass is 9.94. The van der Waals surface area contributed by atoms with Crippen LogP contribution in [-0.2, 0) is 0 Å². The van der Waals surface area contributed by atoms with E-state index in [1.807, 2.05) is 44.3 Å². The normalized spacial score (nSPS) is 12.0. The molecular formula is C17H20ClNO2. The van der Waals surface area contributed by atoms with Crippen molar-refractivity contribution in [3.05, 3.63) is 58.1 Å². The molecule has 2 rings (SSSR count). The third-order valence-electron chi connectivity index (χ3n) is 3.62. The Labute approximate surface area is 130 Å². The van der Waals surface area contributed by atoms with Gasteiger partial charge >= 0.3 is 0 Å². The van der Waals surface area contributed by atoms with Crippen molar-refractivity contribution in [3.63, 3.8) is 0 Å². The van der Waals surface area contributed by atoms with Crippen molar-refractivity contribution in [2.75, 3.05) is 21.3 Å². The molecular weight excluding hydrogens is 286 g/mol. The molecule has 1 unspecified atom stereocenters. The summed E-state index contributed by atoms with van der Waals surface area (Å²) in [5.74, 6) is 1.54. The topological polar surface area (TPSA) is 30.5 Å². The molecule has 0 aliphatic heterocycles. The van der Waals surface area contributed by atoms with Gasteiger partial charge in [-0.15, -0.1) is 0 Å². The van der Waals surface area contributed by atoms with Crippen molar-refractivity contribution in [2.45, 2.75) is 13.0 Å². The fourth-order valence-electron chi connectivity index (χ4n) is 2.43. The summed E-state index contributed by atoms with van der Waals surface area (Å²) in [4.78, 5) is 0. The van der Waals surface area contributed by atoms with Gasteiger partial charge in [0.05, 0.1) is 20.3 Å². The summed E-state index contributed by atoms with van der Waals surface area (Å²) in [6.07, 6.45) is 0. The fraction of sp³-hybridized carbons (Fsp3) is 0.294. The van der Waals surface area contributed by atoms with Crippen LogP contribution in [0.15, 0.2) is 36.4 Å². The zero-order valence-corrected chi connectivity index (χ0v) is 13.5. The maximum atomic E-state index is 6.24. The summed E-state index contributed by atoms with van der Waals surface area (Å²) in [6.45, 7) is 2.03. The molecule has 0 amide bonds. The van der Waals surface area contributed by atoms with Gasteiger partial charge in [0.2, 0.25) is 0 Å². The summed E-state index contributed by atoms with van der Waals surface area (Å²) in [5, 5.41) is 4.10. The molecule has 112 valence electrons. The van der Waals surface area contributed by atoms with Crippen LogP contribution >= 0.6 is 11.6 Å². The molecule has 0 saturated carbocycles. The second-order valence-electron chi connectivity index (χ2n) is 4.82. The zero-order valence-electron chi connectivity index (χ0n) is 12.7. The lowest BCUT2D eigenvalue weighted by Gasteiger charge is -2.21. The van der Waals surface area contributed by atoms with Crippen molar-refractivity contribution >= 4 is 11.6 Å². The van der Waals surface area contributed by atoms with Gasteiger partial charge in [0.25, 0.3) is 0 Å². The lowest BCUT2D eigenvalue weighted by Crippen LogP contribution is -2.19. The summed E-state index contributed by atoms with van der Waals surface area (Å²) >= 11 is 6.24. The Morgan fingerprint density at radius 1 is 1.05 bits per heavy atom. The lowest BCUT2D eigenvalue weighted by molar-refractivity contribution is 0.392. The van der Waals surface area contributed by atoms with E-state index in [9.17, 15) is 0 Å². The fourth-order valence-corrected chi connectivity index (χ4v) is 2.62. The Hall–Kier alpha value is -1.71. The molecule has 1 N–H and O–H groups in total. The smallest absolute Gasteiger partial charge is 0.122 e. The minimum atomic E-state index is 0.0210. The highest BCUT2D eigenvalue weighted by Gasteiger charge is 2.17. The monoisotopic (exact) mass is 305 g/mol. The number of hydrogen-bond acceptors (Lipinski definition) is 3. The maximum absolute atomic E-state index is 6.24. The van der Waals surface area contributed by atoms with Crippen LogP contribution in [-0.4, -0.2) is 21.3 Å². The van der Waals surface area contributed by atoms with Crippen LogP contribution in [0.5, 0.6) is 11.5 Å². The number of nitrogens with one attached hydrogen (secondary N) is 1. The Morgan fingerprint density at radius 2 is 1.67 bits per heavy atom. The van der Waals surface area contributed by atoms with Gasteiger partial charge in [-0.3, -0.25) is 0 Å². The first-order valence-electron chi connectivity index (χ1n) is 6.76. The third-order valence-corrected chi connectivity index (χ3v) is 4.03. The molecule has 0 heterocycles. The van der Waals surface area contributed by atoms with Gasteiger partial charge < -0.3 is 14.8 Å². The second kappa shape index (κ2) is 6.83. The standard InChI is InChI=1S/C17H20ClNO2/c1-11-15(6-5-7-16(11)18)17(19-2)12-8-13(20-3)10-14(9-12)21-4/h5-10,17,19H,1-4H3. The molecule has 0 aliphatic rings. The van der Waals surface area contributed by atoms with Crippen molar-refractivity contribution < 1.29 is 9.47 Å². The Bertz CT molecular complexity index is 606. The molecule has 21 heavy (non-hydrogen) atoms. The van der Waals surface area contributed by atoms with E-state index in [0.29, 0.717) is 0 Å². The van der Waals surface area contributed by atoms with E-state index in [1.165, 1.54) is 0 Å². The van der Waals surface area contributed by atoms with E-state index in [-0.39, 0.29) is 6.04 Å². The van der Waals surface area contributed by atoms with Crippen molar-refractivity contribution in [2.24, 2.45) is 0 Å². The molecule has 0 aliphatic carbocycles. The van der Waals surface area contributed by atoms with Gasteiger partial charge in [-0.2, -0.15) is 0 Å². The van der Waals surface area contributed by atoms with Gasteiger partial charge in [0.1, 0.15) is 11.5 Å². The molecule has 0 bridgehead atoms. The maximum Gasteiger partial charge on any atom is 0.122 e. The van der Waals surface area contributed by atoms with Gasteiger partial charge in [0, 0.05) is 11.1 Å². The van der Waals surface area contributed by atoms with E-state index >= 15 is 0 Å². The Kier molecular flexibility index (Phi) is 5.10. The number of benzene rings is 2. The average Bonchev–Trinajstić information content (AvgIpc) is 2.51. The molecule has 0 aromatic heterocycles. The molecule has 0 radical (unpaired) electrons.